The van der Waals surface area contributed by atoms with Gasteiger partial charge in [-0.15, -0.1) is 11.3 Å². The summed E-state index contributed by atoms with van der Waals surface area (Å²) in [6, 6.07) is 4.71. The Balaban J connectivity index is 2.64. The third-order valence-electron chi connectivity index (χ3n) is 1.91. The van der Waals surface area contributed by atoms with E-state index in [1.165, 1.54) is 22.9 Å². The number of carbonyl (C=O) groups excluding carboxylic acids is 1. The van der Waals surface area contributed by atoms with E-state index < -0.39 is 5.91 Å². The van der Waals surface area contributed by atoms with E-state index in [1.54, 1.807) is 12.1 Å². The Morgan fingerprint density at radius 2 is 2.21 bits per heavy atom. The second-order valence-electron chi connectivity index (χ2n) is 2.77. The number of hydrogen-bond acceptors (Lipinski definition) is 4. The first-order valence-corrected chi connectivity index (χ1v) is 4.75. The van der Waals surface area contributed by atoms with Crippen LogP contribution in [0.3, 0.4) is 0 Å². The van der Waals surface area contributed by atoms with Crippen LogP contribution < -0.4 is 5.48 Å². The van der Waals surface area contributed by atoms with Gasteiger partial charge in [-0.2, -0.15) is 0 Å². The summed E-state index contributed by atoms with van der Waals surface area (Å²) in [5.41, 5.74) is 1.76. The molecule has 1 aromatic heterocycles. The molecule has 0 radical (unpaired) electrons. The molecule has 1 heterocycles. The molecule has 14 heavy (non-hydrogen) atoms. The fourth-order valence-electron chi connectivity index (χ4n) is 1.25. The highest BCUT2D eigenvalue weighted by atomic mass is 32.1. The first kappa shape index (κ1) is 8.98. The van der Waals surface area contributed by atoms with Gasteiger partial charge >= 0.3 is 0 Å². The maximum atomic E-state index is 11.1. The third kappa shape index (κ3) is 1.32. The fraction of sp³-hybridized carbons (Fsp3) is 0. The second-order valence-corrected chi connectivity index (χ2v) is 3.72. The van der Waals surface area contributed by atoms with E-state index in [1.807, 2.05) is 5.38 Å². The lowest BCUT2D eigenvalue weighted by atomic mass is 10.1. The second kappa shape index (κ2) is 3.28. The normalized spacial score (nSPS) is 10.4. The zero-order valence-corrected chi connectivity index (χ0v) is 7.84. The monoisotopic (exact) mass is 209 g/mol. The van der Waals surface area contributed by atoms with E-state index in [2.05, 4.69) is 0 Å². The van der Waals surface area contributed by atoms with Gasteiger partial charge in [-0.05, 0) is 23.6 Å². The summed E-state index contributed by atoms with van der Waals surface area (Å²) in [6.07, 6.45) is 0. The van der Waals surface area contributed by atoms with Crippen molar-refractivity contribution in [3.63, 3.8) is 0 Å². The molecule has 0 fully saturated rings. The number of rotatable bonds is 1. The lowest BCUT2D eigenvalue weighted by Crippen LogP contribution is -2.18. The smallest absolute Gasteiger partial charge is 0.274 e. The van der Waals surface area contributed by atoms with Crippen LogP contribution in [0.2, 0.25) is 0 Å². The molecule has 2 rings (SSSR count). The molecule has 0 unspecified atom stereocenters. The summed E-state index contributed by atoms with van der Waals surface area (Å²) in [5.74, 6) is -0.585. The molecule has 0 atom stereocenters. The number of thiophene rings is 1. The summed E-state index contributed by atoms with van der Waals surface area (Å²) < 4.78 is 0.809. The Morgan fingerprint density at radius 1 is 1.43 bits per heavy atom. The molecular formula is C9H7NO3S. The number of phenolic OH excluding ortho intramolecular Hbond substituents is 1. The van der Waals surface area contributed by atoms with Crippen LogP contribution in [0, 0.1) is 0 Å². The lowest BCUT2D eigenvalue weighted by Gasteiger charge is -2.00. The average molecular weight is 209 g/mol. The van der Waals surface area contributed by atoms with Gasteiger partial charge in [0.1, 0.15) is 5.75 Å². The van der Waals surface area contributed by atoms with Gasteiger partial charge in [-0.25, -0.2) is 5.48 Å². The number of amides is 1. The van der Waals surface area contributed by atoms with E-state index in [0.29, 0.717) is 5.39 Å². The Morgan fingerprint density at radius 3 is 2.93 bits per heavy atom. The van der Waals surface area contributed by atoms with Crippen molar-refractivity contribution in [3.8, 4) is 5.75 Å². The molecule has 72 valence electrons. The number of nitrogens with one attached hydrogen (secondary N) is 1. The first-order valence-electron chi connectivity index (χ1n) is 3.87. The van der Waals surface area contributed by atoms with Crippen molar-refractivity contribution < 1.29 is 15.1 Å². The SMILES string of the molecule is O=C(NO)c1cc(O)c2ccsc2c1. The molecule has 4 nitrogen and oxygen atoms in total. The van der Waals surface area contributed by atoms with Crippen molar-refractivity contribution in [1.29, 1.82) is 0 Å². The zero-order valence-electron chi connectivity index (χ0n) is 7.02. The van der Waals surface area contributed by atoms with Crippen molar-refractivity contribution >= 4 is 27.3 Å². The van der Waals surface area contributed by atoms with Gasteiger partial charge in [0.25, 0.3) is 5.91 Å². The van der Waals surface area contributed by atoms with Crippen LogP contribution in [0.15, 0.2) is 23.6 Å². The number of carbonyl (C=O) groups is 1. The van der Waals surface area contributed by atoms with Crippen LogP contribution in [0.25, 0.3) is 10.1 Å². The van der Waals surface area contributed by atoms with Gasteiger partial charge < -0.3 is 5.11 Å². The Kier molecular flexibility index (Phi) is 2.11. The molecule has 0 saturated carbocycles. The van der Waals surface area contributed by atoms with Gasteiger partial charge in [0.15, 0.2) is 0 Å². The Hall–Kier alpha value is -1.59. The van der Waals surface area contributed by atoms with Crippen molar-refractivity contribution in [2.24, 2.45) is 0 Å². The van der Waals surface area contributed by atoms with Gasteiger partial charge in [0.2, 0.25) is 0 Å². The molecule has 3 N–H and O–H groups in total. The summed E-state index contributed by atoms with van der Waals surface area (Å²) in [4.78, 5) is 11.1. The highest BCUT2D eigenvalue weighted by Crippen LogP contribution is 2.30. The molecule has 0 saturated heterocycles. The standard InChI is InChI=1S/C9H7NO3S/c11-7-3-5(9(12)10-13)4-8-6(7)1-2-14-8/h1-4,11,13H,(H,10,12). The van der Waals surface area contributed by atoms with Crippen LogP contribution in [0.5, 0.6) is 5.75 Å². The molecule has 0 aliphatic heterocycles. The van der Waals surface area contributed by atoms with Crippen molar-refractivity contribution in [2.75, 3.05) is 0 Å². The molecule has 0 aliphatic rings. The summed E-state index contributed by atoms with van der Waals surface area (Å²) in [5, 5.41) is 20.5. The van der Waals surface area contributed by atoms with E-state index in [4.69, 9.17) is 5.21 Å². The molecule has 2 aromatic rings. The average Bonchev–Trinajstić information content (AvgIpc) is 2.64. The quantitative estimate of drug-likeness (QED) is 0.494. The summed E-state index contributed by atoms with van der Waals surface area (Å²) >= 11 is 1.42. The van der Waals surface area contributed by atoms with Crippen molar-refractivity contribution in [1.82, 2.24) is 5.48 Å². The number of hydrogen-bond donors (Lipinski definition) is 3. The van der Waals surface area contributed by atoms with E-state index in [9.17, 15) is 9.90 Å². The number of hydroxylamine groups is 1. The minimum Gasteiger partial charge on any atom is -0.507 e. The molecule has 1 aromatic carbocycles. The highest BCUT2D eigenvalue weighted by Gasteiger charge is 2.09. The lowest BCUT2D eigenvalue weighted by molar-refractivity contribution is 0.0706. The predicted molar refractivity (Wildman–Crippen MR) is 52.7 cm³/mol. The molecular weight excluding hydrogens is 202 g/mol. The van der Waals surface area contributed by atoms with Crippen molar-refractivity contribution in [3.05, 3.63) is 29.1 Å². The topological polar surface area (TPSA) is 69.6 Å². The molecule has 0 aliphatic carbocycles. The van der Waals surface area contributed by atoms with Crippen molar-refractivity contribution in [2.45, 2.75) is 0 Å². The minimum atomic E-state index is -0.629. The number of aromatic hydroxyl groups is 1. The number of benzene rings is 1. The van der Waals surface area contributed by atoms with E-state index in [-0.39, 0.29) is 11.3 Å². The van der Waals surface area contributed by atoms with Gasteiger partial charge in [0, 0.05) is 15.6 Å². The molecule has 1 amide bonds. The van der Waals surface area contributed by atoms with Crippen LogP contribution in [0.1, 0.15) is 10.4 Å². The van der Waals surface area contributed by atoms with Crippen LogP contribution >= 0.6 is 11.3 Å². The first-order chi connectivity index (χ1) is 6.72. The van der Waals surface area contributed by atoms with E-state index in [0.717, 1.165) is 4.70 Å². The Labute approximate surface area is 83.4 Å². The Bertz CT molecular complexity index is 492. The van der Waals surface area contributed by atoms with Gasteiger partial charge in [-0.1, -0.05) is 0 Å². The number of phenols is 1. The number of fused-ring (bicyclic) bond motifs is 1. The van der Waals surface area contributed by atoms with Crippen LogP contribution in [-0.4, -0.2) is 16.2 Å². The third-order valence-corrected chi connectivity index (χ3v) is 2.78. The van der Waals surface area contributed by atoms with Gasteiger partial charge in [-0.3, -0.25) is 10.0 Å². The molecule has 5 heteroatoms. The van der Waals surface area contributed by atoms with Gasteiger partial charge in [0.05, 0.1) is 0 Å². The predicted octanol–water partition coefficient (Wildman–Crippen LogP) is 1.73. The zero-order chi connectivity index (χ0) is 10.1. The summed E-state index contributed by atoms with van der Waals surface area (Å²) in [7, 11) is 0. The van der Waals surface area contributed by atoms with Crippen LogP contribution in [-0.2, 0) is 0 Å². The maximum Gasteiger partial charge on any atom is 0.274 e. The molecule has 0 spiro atoms. The largest absolute Gasteiger partial charge is 0.507 e. The van der Waals surface area contributed by atoms with Crippen LogP contribution in [0.4, 0.5) is 0 Å². The minimum absolute atomic E-state index is 0.0438. The fourth-order valence-corrected chi connectivity index (χ4v) is 2.09. The maximum absolute atomic E-state index is 11.1. The highest BCUT2D eigenvalue weighted by molar-refractivity contribution is 7.17. The summed E-state index contributed by atoms with van der Waals surface area (Å²) in [6.45, 7) is 0. The van der Waals surface area contributed by atoms with E-state index >= 15 is 0 Å². The molecule has 0 bridgehead atoms.